The van der Waals surface area contributed by atoms with Crippen LogP contribution in [0.15, 0.2) is 12.1 Å². The lowest BCUT2D eigenvalue weighted by molar-refractivity contribution is 0.270. The van der Waals surface area contributed by atoms with Gasteiger partial charge in [-0.15, -0.1) is 0 Å². The summed E-state index contributed by atoms with van der Waals surface area (Å²) in [5.74, 6) is 0.975. The zero-order valence-corrected chi connectivity index (χ0v) is 8.93. The third-order valence-corrected chi connectivity index (χ3v) is 1.79. The van der Waals surface area contributed by atoms with E-state index in [9.17, 15) is 0 Å². The summed E-state index contributed by atoms with van der Waals surface area (Å²) in [6, 6.07) is 7.97. The highest BCUT2D eigenvalue weighted by Gasteiger charge is 2.04. The molecular weight excluding hydrogens is 198 g/mol. The van der Waals surface area contributed by atoms with Crippen LogP contribution in [-0.2, 0) is 0 Å². The second kappa shape index (κ2) is 4.88. The van der Waals surface area contributed by atoms with Gasteiger partial charge in [-0.1, -0.05) is 25.4 Å². The lowest BCUT2D eigenvalue weighted by Crippen LogP contribution is -2.05. The molecule has 2 nitrogen and oxygen atoms in total. The van der Waals surface area contributed by atoms with Crippen molar-refractivity contribution >= 4 is 11.6 Å². The van der Waals surface area contributed by atoms with Crippen LogP contribution in [0.25, 0.3) is 0 Å². The molecule has 0 amide bonds. The lowest BCUT2D eigenvalue weighted by atomic mass is 10.2. The maximum absolute atomic E-state index is 8.81. The molecule has 0 heterocycles. The van der Waals surface area contributed by atoms with Crippen molar-refractivity contribution in [2.75, 3.05) is 6.61 Å². The number of hydrogen-bond acceptors (Lipinski definition) is 2. The van der Waals surface area contributed by atoms with Crippen molar-refractivity contribution < 1.29 is 4.74 Å². The number of nitrogens with zero attached hydrogens (tertiary/aromatic N) is 1. The van der Waals surface area contributed by atoms with Crippen LogP contribution in [0.2, 0.25) is 5.02 Å². The van der Waals surface area contributed by atoms with Crippen LogP contribution in [0.3, 0.4) is 0 Å². The van der Waals surface area contributed by atoms with Crippen molar-refractivity contribution in [1.82, 2.24) is 0 Å². The topological polar surface area (TPSA) is 33.0 Å². The molecule has 0 bridgehead atoms. The van der Waals surface area contributed by atoms with Crippen molar-refractivity contribution in [3.63, 3.8) is 0 Å². The Balaban J connectivity index is 2.82. The summed E-state index contributed by atoms with van der Waals surface area (Å²) in [5, 5.41) is 9.23. The first-order chi connectivity index (χ1) is 6.63. The van der Waals surface area contributed by atoms with E-state index in [2.05, 4.69) is 6.07 Å². The van der Waals surface area contributed by atoms with Gasteiger partial charge in [0.1, 0.15) is 11.8 Å². The molecule has 0 spiro atoms. The minimum atomic E-state index is 0.428. The van der Waals surface area contributed by atoms with Crippen LogP contribution in [0, 0.1) is 23.3 Å². The monoisotopic (exact) mass is 208 g/mol. The van der Waals surface area contributed by atoms with Crippen LogP contribution in [-0.4, -0.2) is 6.61 Å². The van der Waals surface area contributed by atoms with Crippen LogP contribution < -0.4 is 4.74 Å². The molecule has 0 fully saturated rings. The Bertz CT molecular complexity index is 355. The van der Waals surface area contributed by atoms with Gasteiger partial charge in [0.15, 0.2) is 0 Å². The Hall–Kier alpha value is -1.20. The van der Waals surface area contributed by atoms with E-state index < -0.39 is 0 Å². The Labute approximate surface area is 89.1 Å². The van der Waals surface area contributed by atoms with Gasteiger partial charge in [-0.25, -0.2) is 0 Å². The largest absolute Gasteiger partial charge is 0.492 e. The summed E-state index contributed by atoms with van der Waals surface area (Å²) in [6.07, 6.45) is 0. The molecule has 1 aromatic carbocycles. The molecule has 0 saturated heterocycles. The van der Waals surface area contributed by atoms with Crippen molar-refractivity contribution in [1.29, 1.82) is 5.26 Å². The molecule has 0 atom stereocenters. The second-order valence-electron chi connectivity index (χ2n) is 3.38. The molecule has 0 aliphatic heterocycles. The molecule has 1 radical (unpaired) electrons. The number of benzene rings is 1. The SMILES string of the molecule is CC(C)COc1c[c]c(Cl)cc1C#N. The molecule has 0 unspecified atom stereocenters. The Kier molecular flexibility index (Phi) is 3.79. The fourth-order valence-corrected chi connectivity index (χ4v) is 1.08. The second-order valence-corrected chi connectivity index (χ2v) is 3.78. The molecule has 73 valence electrons. The van der Waals surface area contributed by atoms with Gasteiger partial charge in [0.05, 0.1) is 17.2 Å². The predicted molar refractivity (Wildman–Crippen MR) is 55.3 cm³/mol. The molecule has 1 rings (SSSR count). The van der Waals surface area contributed by atoms with E-state index in [1.54, 1.807) is 12.1 Å². The highest BCUT2D eigenvalue weighted by atomic mass is 35.5. The van der Waals surface area contributed by atoms with Gasteiger partial charge in [-0.3, -0.25) is 0 Å². The van der Waals surface area contributed by atoms with Crippen molar-refractivity contribution in [3.8, 4) is 11.8 Å². The van der Waals surface area contributed by atoms with Crippen molar-refractivity contribution in [2.45, 2.75) is 13.8 Å². The number of nitriles is 1. The third kappa shape index (κ3) is 2.93. The van der Waals surface area contributed by atoms with E-state index in [1.165, 1.54) is 0 Å². The fourth-order valence-electron chi connectivity index (χ4n) is 0.915. The first kappa shape index (κ1) is 10.9. The number of hydrogen-bond donors (Lipinski definition) is 0. The zero-order chi connectivity index (χ0) is 10.6. The summed E-state index contributed by atoms with van der Waals surface area (Å²) in [5.41, 5.74) is 0.453. The molecule has 0 aromatic heterocycles. The highest BCUT2D eigenvalue weighted by molar-refractivity contribution is 6.30. The van der Waals surface area contributed by atoms with Gasteiger partial charge in [0.2, 0.25) is 0 Å². The van der Waals surface area contributed by atoms with E-state index in [0.29, 0.717) is 28.9 Å². The Morgan fingerprint density at radius 3 is 2.93 bits per heavy atom. The molecular formula is C11H11ClNO. The summed E-state index contributed by atoms with van der Waals surface area (Å²) >= 11 is 5.70. The molecule has 14 heavy (non-hydrogen) atoms. The van der Waals surface area contributed by atoms with Gasteiger partial charge in [-0.05, 0) is 18.1 Å². The molecule has 0 aliphatic carbocycles. The van der Waals surface area contributed by atoms with Gasteiger partial charge in [0.25, 0.3) is 0 Å². The molecule has 0 aliphatic rings. The summed E-state index contributed by atoms with van der Waals surface area (Å²) in [7, 11) is 0. The first-order valence-corrected chi connectivity index (χ1v) is 4.75. The summed E-state index contributed by atoms with van der Waals surface area (Å²) < 4.78 is 5.43. The van der Waals surface area contributed by atoms with Crippen LogP contribution in [0.4, 0.5) is 0 Å². The minimum Gasteiger partial charge on any atom is -0.492 e. The van der Waals surface area contributed by atoms with Gasteiger partial charge < -0.3 is 4.74 Å². The quantitative estimate of drug-likeness (QED) is 0.765. The smallest absolute Gasteiger partial charge is 0.137 e. The fraction of sp³-hybridized carbons (Fsp3) is 0.364. The summed E-state index contributed by atoms with van der Waals surface area (Å²) in [4.78, 5) is 0. The normalized spacial score (nSPS) is 9.93. The minimum absolute atomic E-state index is 0.428. The maximum Gasteiger partial charge on any atom is 0.137 e. The van der Waals surface area contributed by atoms with Crippen molar-refractivity contribution in [3.05, 3.63) is 28.8 Å². The average molecular weight is 209 g/mol. The van der Waals surface area contributed by atoms with E-state index in [0.717, 1.165) is 0 Å². The van der Waals surface area contributed by atoms with Gasteiger partial charge >= 0.3 is 0 Å². The van der Waals surface area contributed by atoms with Gasteiger partial charge in [-0.2, -0.15) is 5.26 Å². The Morgan fingerprint density at radius 2 is 2.36 bits per heavy atom. The average Bonchev–Trinajstić information content (AvgIpc) is 2.15. The lowest BCUT2D eigenvalue weighted by Gasteiger charge is -2.09. The standard InChI is InChI=1S/C11H11ClNO/c1-8(2)7-14-11-4-3-10(12)5-9(11)6-13/h4-5,8H,7H2,1-2H3. The first-order valence-electron chi connectivity index (χ1n) is 4.37. The summed E-state index contributed by atoms with van der Waals surface area (Å²) in [6.45, 7) is 4.68. The Morgan fingerprint density at radius 1 is 1.64 bits per heavy atom. The van der Waals surface area contributed by atoms with E-state index >= 15 is 0 Å². The molecule has 0 saturated carbocycles. The molecule has 1 aromatic rings. The van der Waals surface area contributed by atoms with Crippen LogP contribution in [0.1, 0.15) is 19.4 Å². The zero-order valence-electron chi connectivity index (χ0n) is 8.17. The number of ether oxygens (including phenoxy) is 1. The van der Waals surface area contributed by atoms with Crippen molar-refractivity contribution in [2.24, 2.45) is 5.92 Å². The van der Waals surface area contributed by atoms with E-state index in [4.69, 9.17) is 21.6 Å². The number of rotatable bonds is 3. The van der Waals surface area contributed by atoms with E-state index in [1.807, 2.05) is 19.9 Å². The number of halogens is 1. The maximum atomic E-state index is 8.81. The predicted octanol–water partition coefficient (Wildman–Crippen LogP) is 3.05. The van der Waals surface area contributed by atoms with Crippen LogP contribution >= 0.6 is 11.6 Å². The molecule has 0 N–H and O–H groups in total. The van der Waals surface area contributed by atoms with Gasteiger partial charge in [0, 0.05) is 6.07 Å². The highest BCUT2D eigenvalue weighted by Crippen LogP contribution is 2.21. The third-order valence-electron chi connectivity index (χ3n) is 1.57. The van der Waals surface area contributed by atoms with E-state index in [-0.39, 0.29) is 0 Å². The van der Waals surface area contributed by atoms with Crippen LogP contribution in [0.5, 0.6) is 5.75 Å². The molecule has 3 heteroatoms.